The third-order valence-electron chi connectivity index (χ3n) is 2.64. The van der Waals surface area contributed by atoms with Crippen LogP contribution in [0.3, 0.4) is 0 Å². The lowest BCUT2D eigenvalue weighted by atomic mass is 10.2. The van der Waals surface area contributed by atoms with E-state index in [-0.39, 0.29) is 12.4 Å². The highest BCUT2D eigenvalue weighted by Crippen LogP contribution is 2.30. The van der Waals surface area contributed by atoms with E-state index in [1.807, 2.05) is 6.07 Å². The number of ether oxygens (including phenoxy) is 2. The molecule has 2 rings (SSSR count). The average Bonchev–Trinajstić information content (AvgIpc) is 2.34. The normalized spacial score (nSPS) is 13.0. The summed E-state index contributed by atoms with van der Waals surface area (Å²) in [4.78, 5) is 0. The molecular formula is C13H20ClNO2. The summed E-state index contributed by atoms with van der Waals surface area (Å²) in [7, 11) is 0. The van der Waals surface area contributed by atoms with Gasteiger partial charge in [0.2, 0.25) is 0 Å². The van der Waals surface area contributed by atoms with E-state index in [1.54, 1.807) is 0 Å². The van der Waals surface area contributed by atoms with Crippen LogP contribution in [0.5, 0.6) is 11.5 Å². The van der Waals surface area contributed by atoms with Gasteiger partial charge < -0.3 is 14.8 Å². The molecule has 17 heavy (non-hydrogen) atoms. The van der Waals surface area contributed by atoms with Gasteiger partial charge in [-0.2, -0.15) is 0 Å². The first-order valence-corrected chi connectivity index (χ1v) is 5.99. The third kappa shape index (κ3) is 4.10. The number of benzene rings is 1. The molecular weight excluding hydrogens is 238 g/mol. The largest absolute Gasteiger partial charge is 0.486 e. The van der Waals surface area contributed by atoms with Gasteiger partial charge in [0.25, 0.3) is 0 Å². The van der Waals surface area contributed by atoms with Gasteiger partial charge in [0.15, 0.2) is 11.5 Å². The van der Waals surface area contributed by atoms with Crippen LogP contribution in [0.4, 0.5) is 0 Å². The Morgan fingerprint density at radius 1 is 1.18 bits per heavy atom. The highest BCUT2D eigenvalue weighted by molar-refractivity contribution is 5.85. The summed E-state index contributed by atoms with van der Waals surface area (Å²) in [6, 6.07) is 6.14. The maximum Gasteiger partial charge on any atom is 0.161 e. The van der Waals surface area contributed by atoms with Crippen molar-refractivity contribution in [1.82, 2.24) is 5.32 Å². The summed E-state index contributed by atoms with van der Waals surface area (Å²) >= 11 is 0. The van der Waals surface area contributed by atoms with E-state index in [0.717, 1.165) is 24.6 Å². The molecule has 4 heteroatoms. The maximum absolute atomic E-state index is 5.54. The summed E-state index contributed by atoms with van der Waals surface area (Å²) in [5.41, 5.74) is 1.25. The monoisotopic (exact) mass is 257 g/mol. The van der Waals surface area contributed by atoms with Crippen molar-refractivity contribution >= 4 is 12.4 Å². The van der Waals surface area contributed by atoms with E-state index < -0.39 is 0 Å². The van der Waals surface area contributed by atoms with Gasteiger partial charge >= 0.3 is 0 Å². The molecule has 0 amide bonds. The molecule has 1 aliphatic rings. The molecule has 3 nitrogen and oxygen atoms in total. The number of hydrogen-bond donors (Lipinski definition) is 1. The zero-order valence-corrected chi connectivity index (χ0v) is 11.0. The quantitative estimate of drug-likeness (QED) is 0.823. The lowest BCUT2D eigenvalue weighted by Gasteiger charge is -2.18. The van der Waals surface area contributed by atoms with E-state index in [1.165, 1.54) is 18.4 Å². The highest BCUT2D eigenvalue weighted by atomic mass is 35.5. The van der Waals surface area contributed by atoms with Crippen LogP contribution < -0.4 is 14.8 Å². The summed E-state index contributed by atoms with van der Waals surface area (Å²) < 4.78 is 11.0. The van der Waals surface area contributed by atoms with Crippen LogP contribution in [0.25, 0.3) is 0 Å². The average molecular weight is 258 g/mol. The van der Waals surface area contributed by atoms with Crippen molar-refractivity contribution in [3.05, 3.63) is 23.8 Å². The van der Waals surface area contributed by atoms with Gasteiger partial charge in [0.1, 0.15) is 13.2 Å². The highest BCUT2D eigenvalue weighted by Gasteiger charge is 2.11. The van der Waals surface area contributed by atoms with Gasteiger partial charge in [-0.15, -0.1) is 12.4 Å². The van der Waals surface area contributed by atoms with Crippen molar-refractivity contribution in [3.8, 4) is 11.5 Å². The first kappa shape index (κ1) is 14.1. The summed E-state index contributed by atoms with van der Waals surface area (Å²) in [5.74, 6) is 1.74. The minimum absolute atomic E-state index is 0. The van der Waals surface area contributed by atoms with Crippen LogP contribution in [-0.4, -0.2) is 19.8 Å². The molecule has 0 bridgehead atoms. The van der Waals surface area contributed by atoms with Crippen LogP contribution in [0.15, 0.2) is 18.2 Å². The lowest BCUT2D eigenvalue weighted by molar-refractivity contribution is 0.171. The Hall–Kier alpha value is -0.930. The zero-order chi connectivity index (χ0) is 11.2. The van der Waals surface area contributed by atoms with Crippen molar-refractivity contribution in [3.63, 3.8) is 0 Å². The predicted molar refractivity (Wildman–Crippen MR) is 71.3 cm³/mol. The summed E-state index contributed by atoms with van der Waals surface area (Å²) in [6.07, 6.45) is 2.46. The zero-order valence-electron chi connectivity index (χ0n) is 10.2. The van der Waals surface area contributed by atoms with Crippen molar-refractivity contribution in [2.24, 2.45) is 0 Å². The molecule has 96 valence electrons. The Morgan fingerprint density at radius 2 is 1.94 bits per heavy atom. The minimum atomic E-state index is 0. The van der Waals surface area contributed by atoms with Crippen LogP contribution in [-0.2, 0) is 6.54 Å². The molecule has 0 spiro atoms. The lowest BCUT2D eigenvalue weighted by Crippen LogP contribution is -2.17. The fourth-order valence-electron chi connectivity index (χ4n) is 1.73. The van der Waals surface area contributed by atoms with Crippen molar-refractivity contribution in [1.29, 1.82) is 0 Å². The first-order chi connectivity index (χ1) is 7.90. The maximum atomic E-state index is 5.54. The molecule has 0 saturated heterocycles. The van der Waals surface area contributed by atoms with Crippen molar-refractivity contribution in [2.45, 2.75) is 26.3 Å². The second-order valence-corrected chi connectivity index (χ2v) is 4.01. The fourth-order valence-corrected chi connectivity index (χ4v) is 1.73. The van der Waals surface area contributed by atoms with E-state index in [2.05, 4.69) is 24.4 Å². The van der Waals surface area contributed by atoms with E-state index in [4.69, 9.17) is 9.47 Å². The molecule has 0 radical (unpaired) electrons. The minimum Gasteiger partial charge on any atom is -0.486 e. The molecule has 1 aromatic carbocycles. The summed E-state index contributed by atoms with van der Waals surface area (Å²) in [5, 5.41) is 3.41. The van der Waals surface area contributed by atoms with Gasteiger partial charge in [-0.3, -0.25) is 0 Å². The Morgan fingerprint density at radius 3 is 2.71 bits per heavy atom. The van der Waals surface area contributed by atoms with Crippen LogP contribution in [0.1, 0.15) is 25.3 Å². The van der Waals surface area contributed by atoms with Crippen LogP contribution in [0.2, 0.25) is 0 Å². The molecule has 1 aromatic rings. The summed E-state index contributed by atoms with van der Waals surface area (Å²) in [6.45, 7) is 5.48. The molecule has 0 fully saturated rings. The topological polar surface area (TPSA) is 30.5 Å². The smallest absolute Gasteiger partial charge is 0.161 e. The van der Waals surface area contributed by atoms with Gasteiger partial charge in [-0.1, -0.05) is 19.4 Å². The fraction of sp³-hybridized carbons (Fsp3) is 0.538. The Kier molecular flexibility index (Phi) is 6.16. The predicted octanol–water partition coefficient (Wildman–Crippen LogP) is 2.77. The molecule has 0 aromatic heterocycles. The van der Waals surface area contributed by atoms with Crippen LogP contribution in [0, 0.1) is 0 Å². The van der Waals surface area contributed by atoms with Gasteiger partial charge in [-0.25, -0.2) is 0 Å². The molecule has 1 heterocycles. The molecule has 0 atom stereocenters. The van der Waals surface area contributed by atoms with E-state index in [0.29, 0.717) is 13.2 Å². The second kappa shape index (κ2) is 7.41. The first-order valence-electron chi connectivity index (χ1n) is 5.99. The molecule has 0 unspecified atom stereocenters. The number of halogens is 1. The van der Waals surface area contributed by atoms with Crippen LogP contribution >= 0.6 is 12.4 Å². The van der Waals surface area contributed by atoms with E-state index >= 15 is 0 Å². The van der Waals surface area contributed by atoms with Gasteiger partial charge in [0, 0.05) is 6.54 Å². The van der Waals surface area contributed by atoms with Crippen molar-refractivity contribution in [2.75, 3.05) is 19.8 Å². The molecule has 1 N–H and O–H groups in total. The number of fused-ring (bicyclic) bond motifs is 1. The van der Waals surface area contributed by atoms with Gasteiger partial charge in [0.05, 0.1) is 0 Å². The third-order valence-corrected chi connectivity index (χ3v) is 2.64. The second-order valence-electron chi connectivity index (χ2n) is 4.01. The Bertz CT molecular complexity index is 344. The Labute approximate surface area is 109 Å². The van der Waals surface area contributed by atoms with Crippen molar-refractivity contribution < 1.29 is 9.47 Å². The standard InChI is InChI=1S/C13H19NO2.ClH/c1-2-3-6-14-10-11-4-5-12-13(9-11)16-8-7-15-12;/h4-5,9,14H,2-3,6-8,10H2,1H3;1H. The number of hydrogen-bond acceptors (Lipinski definition) is 3. The number of nitrogens with one attached hydrogen (secondary N) is 1. The molecule has 0 aliphatic carbocycles. The van der Waals surface area contributed by atoms with Gasteiger partial charge in [-0.05, 0) is 30.7 Å². The SMILES string of the molecule is CCCCNCc1ccc2c(c1)OCCO2.Cl. The number of rotatable bonds is 5. The molecule has 0 saturated carbocycles. The molecule has 1 aliphatic heterocycles. The Balaban J connectivity index is 0.00000144. The number of unbranched alkanes of at least 4 members (excludes halogenated alkanes) is 1. The van der Waals surface area contributed by atoms with E-state index in [9.17, 15) is 0 Å².